The SMILES string of the molecule is Cc1c(F)c(N)c(F)c(-c2nc3c4c(nc(OC[C@@]56CCCN5C[C@H](F)C6)nc4c2F)N([C@H](C)c2nccnc2N)CCO3)c1C(F)(F)F. The van der Waals surface area contributed by atoms with Gasteiger partial charge in [0.05, 0.1) is 29.3 Å². The standard InChI is InChI=1S/C31H30F7N9O2/c1-13-18(31(36,37)38)16(20(34)22(39)19(13)33)24-21(35)25-17-27(45-29(44-25)49-12-30-4-3-7-46(30)11-15(32)10-30)47(8-9-48-28(17)43-24)14(2)23-26(40)42-6-5-41-23/h5-6,14-15H,3-4,7-12,39H2,1-2H3,(H2,40,42)/t14-,15-,30+/m1/s1. The molecule has 0 radical (unpaired) electrons. The van der Waals surface area contributed by atoms with E-state index >= 15 is 8.78 Å². The molecular weight excluding hydrogens is 663 g/mol. The number of rotatable bonds is 6. The summed E-state index contributed by atoms with van der Waals surface area (Å²) in [4.78, 5) is 24.9. The summed E-state index contributed by atoms with van der Waals surface area (Å²) in [7, 11) is 0. The molecule has 2 fully saturated rings. The van der Waals surface area contributed by atoms with Crippen molar-refractivity contribution in [1.82, 2.24) is 29.8 Å². The van der Waals surface area contributed by atoms with Crippen molar-refractivity contribution in [3.63, 3.8) is 0 Å². The van der Waals surface area contributed by atoms with Crippen molar-refractivity contribution in [1.29, 1.82) is 0 Å². The van der Waals surface area contributed by atoms with Crippen molar-refractivity contribution >= 4 is 28.2 Å². The molecule has 0 amide bonds. The molecule has 0 saturated carbocycles. The molecule has 3 aliphatic rings. The van der Waals surface area contributed by atoms with Gasteiger partial charge in [-0.25, -0.2) is 27.5 Å². The van der Waals surface area contributed by atoms with E-state index < -0.39 is 80.8 Å². The Labute approximate surface area is 274 Å². The first kappa shape index (κ1) is 32.8. The third-order valence-corrected chi connectivity index (χ3v) is 9.57. The van der Waals surface area contributed by atoms with Gasteiger partial charge in [0.25, 0.3) is 0 Å². The first-order valence-corrected chi connectivity index (χ1v) is 15.5. The Morgan fingerprint density at radius 2 is 1.82 bits per heavy atom. The first-order chi connectivity index (χ1) is 23.2. The highest BCUT2D eigenvalue weighted by atomic mass is 19.4. The maximum Gasteiger partial charge on any atom is 0.417 e. The molecule has 0 unspecified atom stereocenters. The fraction of sp³-hybridized carbons (Fsp3) is 0.452. The predicted molar refractivity (Wildman–Crippen MR) is 163 cm³/mol. The number of alkyl halides is 4. The lowest BCUT2D eigenvalue weighted by Gasteiger charge is -2.31. The number of nitrogen functional groups attached to an aromatic ring is 2. The fourth-order valence-corrected chi connectivity index (χ4v) is 7.26. The molecule has 3 aliphatic heterocycles. The van der Waals surface area contributed by atoms with Crippen LogP contribution >= 0.6 is 0 Å². The Kier molecular flexibility index (Phi) is 7.83. The molecule has 7 rings (SSSR count). The van der Waals surface area contributed by atoms with E-state index in [1.807, 2.05) is 4.90 Å². The van der Waals surface area contributed by atoms with E-state index in [0.29, 0.717) is 18.7 Å². The van der Waals surface area contributed by atoms with Gasteiger partial charge >= 0.3 is 12.2 Å². The third-order valence-electron chi connectivity index (χ3n) is 9.57. The molecule has 3 aromatic heterocycles. The number of hydrogen-bond acceptors (Lipinski definition) is 11. The van der Waals surface area contributed by atoms with Crippen LogP contribution in [0.1, 0.15) is 49.0 Å². The third kappa shape index (κ3) is 5.27. The lowest BCUT2D eigenvalue weighted by Crippen LogP contribution is -2.43. The van der Waals surface area contributed by atoms with Crippen LogP contribution in [0.2, 0.25) is 0 Å². The Bertz CT molecular complexity index is 1980. The number of ether oxygens (including phenoxy) is 2. The van der Waals surface area contributed by atoms with Crippen LogP contribution < -0.4 is 25.8 Å². The summed E-state index contributed by atoms with van der Waals surface area (Å²) in [6, 6.07) is -1.05. The molecule has 4 aromatic rings. The van der Waals surface area contributed by atoms with Crippen LogP contribution in [0.25, 0.3) is 22.2 Å². The molecule has 0 spiro atoms. The van der Waals surface area contributed by atoms with Gasteiger partial charge in [0.15, 0.2) is 17.5 Å². The number of aromatic nitrogens is 5. The molecule has 49 heavy (non-hydrogen) atoms. The monoisotopic (exact) mass is 693 g/mol. The van der Waals surface area contributed by atoms with Crippen LogP contribution in [0.4, 0.5) is 48.1 Å². The Hall–Kier alpha value is -4.74. The minimum atomic E-state index is -5.34. The number of nitrogens with two attached hydrogens (primary N) is 2. The number of benzene rings is 1. The van der Waals surface area contributed by atoms with Gasteiger partial charge in [-0.15, -0.1) is 0 Å². The first-order valence-electron chi connectivity index (χ1n) is 15.5. The summed E-state index contributed by atoms with van der Waals surface area (Å²) in [5, 5.41) is -0.161. The quantitative estimate of drug-likeness (QED) is 0.201. The van der Waals surface area contributed by atoms with Gasteiger partial charge in [-0.2, -0.15) is 23.1 Å². The highest BCUT2D eigenvalue weighted by Gasteiger charge is 2.49. The molecule has 0 aliphatic carbocycles. The zero-order valence-electron chi connectivity index (χ0n) is 26.2. The van der Waals surface area contributed by atoms with Crippen molar-refractivity contribution in [2.75, 3.05) is 49.2 Å². The molecular formula is C31H30F7N9O2. The minimum absolute atomic E-state index is 0.00453. The zero-order valence-corrected chi connectivity index (χ0v) is 26.2. The van der Waals surface area contributed by atoms with E-state index in [-0.39, 0.29) is 55.8 Å². The summed E-state index contributed by atoms with van der Waals surface area (Å²) in [6.07, 6.45) is -1.95. The number of hydrogen-bond donors (Lipinski definition) is 2. The smallest absolute Gasteiger partial charge is 0.417 e. The second-order valence-corrected chi connectivity index (χ2v) is 12.5. The topological polar surface area (TPSA) is 141 Å². The zero-order chi connectivity index (χ0) is 35.0. The van der Waals surface area contributed by atoms with Crippen molar-refractivity contribution < 1.29 is 40.2 Å². The average molecular weight is 694 g/mol. The second-order valence-electron chi connectivity index (χ2n) is 12.5. The predicted octanol–water partition coefficient (Wildman–Crippen LogP) is 5.31. The molecule has 4 N–H and O–H groups in total. The summed E-state index contributed by atoms with van der Waals surface area (Å²) >= 11 is 0. The summed E-state index contributed by atoms with van der Waals surface area (Å²) < 4.78 is 117. The van der Waals surface area contributed by atoms with Crippen molar-refractivity contribution in [2.45, 2.75) is 57.0 Å². The van der Waals surface area contributed by atoms with E-state index in [9.17, 15) is 22.0 Å². The van der Waals surface area contributed by atoms with Gasteiger partial charge in [0.1, 0.15) is 59.0 Å². The van der Waals surface area contributed by atoms with E-state index in [4.69, 9.17) is 20.9 Å². The normalized spacial score (nSPS) is 21.5. The van der Waals surface area contributed by atoms with Gasteiger partial charge in [-0.05, 0) is 38.8 Å². The van der Waals surface area contributed by atoms with Crippen LogP contribution in [0.5, 0.6) is 11.9 Å². The molecule has 3 atom stereocenters. The van der Waals surface area contributed by atoms with Crippen molar-refractivity contribution in [3.8, 4) is 23.1 Å². The summed E-state index contributed by atoms with van der Waals surface area (Å²) in [5.41, 5.74) is 4.03. The molecule has 11 nitrogen and oxygen atoms in total. The number of halogens is 7. The summed E-state index contributed by atoms with van der Waals surface area (Å²) in [5.74, 6) is -5.30. The molecule has 18 heteroatoms. The van der Waals surface area contributed by atoms with Crippen LogP contribution in [-0.4, -0.2) is 74.4 Å². The highest BCUT2D eigenvalue weighted by Crippen LogP contribution is 2.48. The van der Waals surface area contributed by atoms with E-state index in [0.717, 1.165) is 13.3 Å². The maximum atomic E-state index is 16.8. The van der Waals surface area contributed by atoms with E-state index in [1.54, 1.807) is 11.8 Å². The Morgan fingerprint density at radius 1 is 1.06 bits per heavy atom. The van der Waals surface area contributed by atoms with E-state index in [1.165, 1.54) is 12.4 Å². The number of pyridine rings is 1. The molecule has 1 aromatic carbocycles. The van der Waals surface area contributed by atoms with Gasteiger partial charge in [0.2, 0.25) is 5.88 Å². The Balaban J connectivity index is 1.46. The average Bonchev–Trinajstić information content (AvgIpc) is 3.51. The van der Waals surface area contributed by atoms with Gasteiger partial charge in [-0.3, -0.25) is 9.88 Å². The largest absolute Gasteiger partial charge is 0.475 e. The molecule has 0 bridgehead atoms. The van der Waals surface area contributed by atoms with Crippen LogP contribution in [-0.2, 0) is 6.18 Å². The number of fused-ring (bicyclic) bond motifs is 1. The fourth-order valence-electron chi connectivity index (χ4n) is 7.26. The number of nitrogens with zero attached hydrogens (tertiary/aromatic N) is 7. The molecule has 6 heterocycles. The van der Waals surface area contributed by atoms with E-state index in [2.05, 4.69) is 24.9 Å². The van der Waals surface area contributed by atoms with Crippen LogP contribution in [0.15, 0.2) is 12.4 Å². The second kappa shape index (κ2) is 11.7. The minimum Gasteiger partial charge on any atom is -0.475 e. The van der Waals surface area contributed by atoms with Gasteiger partial charge in [-0.1, -0.05) is 0 Å². The van der Waals surface area contributed by atoms with Gasteiger partial charge < -0.3 is 25.8 Å². The summed E-state index contributed by atoms with van der Waals surface area (Å²) in [6.45, 7) is 3.21. The lowest BCUT2D eigenvalue weighted by molar-refractivity contribution is -0.137. The lowest BCUT2D eigenvalue weighted by atomic mass is 9.95. The van der Waals surface area contributed by atoms with Crippen molar-refractivity contribution in [3.05, 3.63) is 46.7 Å². The van der Waals surface area contributed by atoms with Crippen LogP contribution in [0.3, 0.4) is 0 Å². The van der Waals surface area contributed by atoms with Gasteiger partial charge in [0, 0.05) is 25.4 Å². The molecule has 260 valence electrons. The van der Waals surface area contributed by atoms with Crippen molar-refractivity contribution in [2.24, 2.45) is 0 Å². The molecule has 2 saturated heterocycles. The number of anilines is 3. The van der Waals surface area contributed by atoms with Crippen LogP contribution in [0, 0.1) is 24.4 Å². The highest BCUT2D eigenvalue weighted by molar-refractivity contribution is 5.97. The maximum absolute atomic E-state index is 16.8. The Morgan fingerprint density at radius 3 is 2.55 bits per heavy atom.